The van der Waals surface area contributed by atoms with Gasteiger partial charge in [-0.15, -0.1) is 6.58 Å². The van der Waals surface area contributed by atoms with Gasteiger partial charge < -0.3 is 9.80 Å². The Hall–Kier alpha value is -2.80. The molecule has 0 N–H and O–H groups in total. The summed E-state index contributed by atoms with van der Waals surface area (Å²) in [6.07, 6.45) is 1.26. The molecule has 3 aliphatic heterocycles. The van der Waals surface area contributed by atoms with Gasteiger partial charge in [0.2, 0.25) is 5.96 Å². The Morgan fingerprint density at radius 1 is 1.14 bits per heavy atom. The molecule has 0 bridgehead atoms. The average Bonchev–Trinajstić information content (AvgIpc) is 3.17. The fourth-order valence-corrected chi connectivity index (χ4v) is 4.07. The van der Waals surface area contributed by atoms with E-state index >= 15 is 0 Å². The van der Waals surface area contributed by atoms with Crippen molar-refractivity contribution in [3.63, 3.8) is 0 Å². The molecular formula is C20H22ClN5O2. The van der Waals surface area contributed by atoms with Crippen molar-refractivity contribution in [2.24, 2.45) is 4.99 Å². The van der Waals surface area contributed by atoms with Crippen molar-refractivity contribution in [3.8, 4) is 0 Å². The molecular weight excluding hydrogens is 378 g/mol. The molecule has 2 unspecified atom stereocenters. The lowest BCUT2D eigenvalue weighted by Crippen LogP contribution is -2.64. The Bertz CT molecular complexity index is 923. The van der Waals surface area contributed by atoms with Crippen LogP contribution < -0.4 is 0 Å². The molecule has 146 valence electrons. The van der Waals surface area contributed by atoms with Crippen molar-refractivity contribution in [2.45, 2.75) is 32.6 Å². The molecule has 4 rings (SSSR count). The van der Waals surface area contributed by atoms with Gasteiger partial charge in [0.05, 0.1) is 6.54 Å². The molecule has 0 aliphatic carbocycles. The second-order valence-electron chi connectivity index (χ2n) is 7.17. The number of carbonyl (C=O) groups is 2. The largest absolute Gasteiger partial charge is 0.328 e. The van der Waals surface area contributed by atoms with Crippen molar-refractivity contribution in [1.82, 2.24) is 19.6 Å². The molecule has 28 heavy (non-hydrogen) atoms. The minimum Gasteiger partial charge on any atom is -0.311 e. The fraction of sp³-hybridized carbons (Fsp3) is 0.350. The van der Waals surface area contributed by atoms with Crippen molar-refractivity contribution >= 4 is 29.5 Å². The van der Waals surface area contributed by atoms with Crippen LogP contribution in [0.4, 0.5) is 4.79 Å². The highest BCUT2D eigenvalue weighted by Crippen LogP contribution is 2.37. The van der Waals surface area contributed by atoms with Crippen LogP contribution in [0.1, 0.15) is 19.4 Å². The van der Waals surface area contributed by atoms with Gasteiger partial charge in [-0.2, -0.15) is 0 Å². The van der Waals surface area contributed by atoms with Gasteiger partial charge in [-0.25, -0.2) is 9.79 Å². The van der Waals surface area contributed by atoms with Crippen LogP contribution in [0.15, 0.2) is 53.3 Å². The van der Waals surface area contributed by atoms with Gasteiger partial charge in [-0.05, 0) is 31.5 Å². The van der Waals surface area contributed by atoms with E-state index in [1.54, 1.807) is 30.2 Å². The first-order valence-corrected chi connectivity index (χ1v) is 9.48. The van der Waals surface area contributed by atoms with Gasteiger partial charge >= 0.3 is 6.03 Å². The maximum absolute atomic E-state index is 13.4. The van der Waals surface area contributed by atoms with E-state index in [9.17, 15) is 9.59 Å². The Morgan fingerprint density at radius 2 is 1.82 bits per heavy atom. The minimum absolute atomic E-state index is 0.198. The molecule has 0 saturated carbocycles. The highest BCUT2D eigenvalue weighted by Gasteiger charge is 2.55. The maximum atomic E-state index is 13.4. The second-order valence-corrected chi connectivity index (χ2v) is 7.61. The number of guanidine groups is 1. The topological polar surface area (TPSA) is 59.5 Å². The molecule has 1 aromatic rings. The first kappa shape index (κ1) is 18.6. The maximum Gasteiger partial charge on any atom is 0.328 e. The van der Waals surface area contributed by atoms with Crippen LogP contribution in [-0.4, -0.2) is 63.3 Å². The number of likely N-dealkylation sites (N-methyl/N-ethyl adjacent to an activating group) is 1. The zero-order valence-electron chi connectivity index (χ0n) is 16.1. The highest BCUT2D eigenvalue weighted by molar-refractivity contribution is 6.30. The summed E-state index contributed by atoms with van der Waals surface area (Å²) < 4.78 is 0. The van der Waals surface area contributed by atoms with Crippen LogP contribution in [0.5, 0.6) is 0 Å². The predicted molar refractivity (Wildman–Crippen MR) is 107 cm³/mol. The van der Waals surface area contributed by atoms with Crippen LogP contribution in [-0.2, 0) is 11.3 Å². The molecule has 1 fully saturated rings. The van der Waals surface area contributed by atoms with E-state index < -0.39 is 12.2 Å². The minimum atomic E-state index is -0.560. The zero-order valence-corrected chi connectivity index (χ0v) is 16.8. The lowest BCUT2D eigenvalue weighted by molar-refractivity contribution is -0.137. The summed E-state index contributed by atoms with van der Waals surface area (Å²) in [5.74, 6) is 0.459. The summed E-state index contributed by atoms with van der Waals surface area (Å²) >= 11 is 5.94. The number of imide groups is 1. The second kappa shape index (κ2) is 6.67. The average molecular weight is 400 g/mol. The number of halogens is 1. The van der Waals surface area contributed by atoms with Gasteiger partial charge in [-0.1, -0.05) is 29.8 Å². The van der Waals surface area contributed by atoms with Crippen LogP contribution in [0.2, 0.25) is 5.02 Å². The fourth-order valence-electron chi connectivity index (χ4n) is 3.95. The summed E-state index contributed by atoms with van der Waals surface area (Å²) in [5.41, 5.74) is 2.85. The standard InChI is InChI=1S/C20H22ClN5O2/c1-5-10-24-12(2)13(3)26-16-17(22-19(24)26)23(4)20(28)25(18(16)27)11-14-6-8-15(21)9-7-14/h5-9,16-17H,1,10-11H2,2-4H3. The molecule has 0 spiro atoms. The number of carbonyl (C=O) groups excluding carboxylic acids is 2. The number of hydrogen-bond donors (Lipinski definition) is 0. The van der Waals surface area contributed by atoms with Crippen molar-refractivity contribution < 1.29 is 9.59 Å². The number of amides is 3. The predicted octanol–water partition coefficient (Wildman–Crippen LogP) is 2.85. The number of fused-ring (bicyclic) bond motifs is 3. The Balaban J connectivity index is 1.67. The number of hydrogen-bond acceptors (Lipinski definition) is 5. The molecule has 3 heterocycles. The zero-order chi connectivity index (χ0) is 20.2. The lowest BCUT2D eigenvalue weighted by atomic mass is 10.1. The normalized spacial score (nSPS) is 24.1. The van der Waals surface area contributed by atoms with E-state index in [0.717, 1.165) is 17.0 Å². The lowest BCUT2D eigenvalue weighted by Gasteiger charge is -2.40. The van der Waals surface area contributed by atoms with Crippen LogP contribution in [0, 0.1) is 0 Å². The molecule has 1 aromatic carbocycles. The monoisotopic (exact) mass is 399 g/mol. The van der Waals surface area contributed by atoms with Gasteiger partial charge in [-0.3, -0.25) is 14.6 Å². The molecule has 8 heteroatoms. The number of nitrogens with zero attached hydrogens (tertiary/aromatic N) is 5. The van der Waals surface area contributed by atoms with Crippen LogP contribution in [0.25, 0.3) is 0 Å². The molecule has 3 aliphatic rings. The first-order chi connectivity index (χ1) is 13.3. The van der Waals surface area contributed by atoms with Gasteiger partial charge in [0.1, 0.15) is 0 Å². The highest BCUT2D eigenvalue weighted by atomic mass is 35.5. The molecule has 3 amide bonds. The van der Waals surface area contributed by atoms with Gasteiger partial charge in [0.15, 0.2) is 12.2 Å². The third-order valence-electron chi connectivity index (χ3n) is 5.57. The number of benzene rings is 1. The number of rotatable bonds is 4. The van der Waals surface area contributed by atoms with Crippen LogP contribution in [0.3, 0.4) is 0 Å². The summed E-state index contributed by atoms with van der Waals surface area (Å²) in [7, 11) is 1.69. The SMILES string of the molecule is C=CCN1C2=NC3C(C(=O)N(Cc4ccc(Cl)cc4)C(=O)N3C)N2C(C)=C1C. The summed E-state index contributed by atoms with van der Waals surface area (Å²) in [6.45, 7) is 8.58. The first-order valence-electron chi connectivity index (χ1n) is 9.10. The third kappa shape index (κ3) is 2.61. The van der Waals surface area contributed by atoms with Crippen molar-refractivity contribution in [1.29, 1.82) is 0 Å². The molecule has 7 nitrogen and oxygen atoms in total. The number of aliphatic imine (C=N–C) groups is 1. The van der Waals surface area contributed by atoms with E-state index in [4.69, 9.17) is 16.6 Å². The smallest absolute Gasteiger partial charge is 0.311 e. The summed E-state index contributed by atoms with van der Waals surface area (Å²) in [5, 5.41) is 0.613. The summed E-state index contributed by atoms with van der Waals surface area (Å²) in [6, 6.07) is 6.24. The third-order valence-corrected chi connectivity index (χ3v) is 5.82. The van der Waals surface area contributed by atoms with E-state index in [2.05, 4.69) is 6.58 Å². The van der Waals surface area contributed by atoms with Crippen molar-refractivity contribution in [3.05, 3.63) is 58.9 Å². The molecule has 0 aromatic heterocycles. The van der Waals surface area contributed by atoms with E-state index in [1.807, 2.05) is 35.8 Å². The van der Waals surface area contributed by atoms with Gasteiger partial charge in [0.25, 0.3) is 5.91 Å². The quantitative estimate of drug-likeness (QED) is 0.730. The number of urea groups is 1. The van der Waals surface area contributed by atoms with E-state index in [0.29, 0.717) is 17.5 Å². The molecule has 1 saturated heterocycles. The Morgan fingerprint density at radius 3 is 2.46 bits per heavy atom. The molecule has 0 radical (unpaired) electrons. The van der Waals surface area contributed by atoms with Crippen molar-refractivity contribution in [2.75, 3.05) is 13.6 Å². The van der Waals surface area contributed by atoms with E-state index in [-0.39, 0.29) is 18.5 Å². The Labute approximate surface area is 169 Å². The summed E-state index contributed by atoms with van der Waals surface area (Å²) in [4.78, 5) is 37.8. The molecule has 2 atom stereocenters. The van der Waals surface area contributed by atoms with E-state index in [1.165, 1.54) is 4.90 Å². The van der Waals surface area contributed by atoms with Crippen LogP contribution >= 0.6 is 11.6 Å². The van der Waals surface area contributed by atoms with Gasteiger partial charge in [0, 0.05) is 30.0 Å². The Kier molecular flexibility index (Phi) is 4.42. The number of allylic oxidation sites excluding steroid dienone is 2.